The second-order valence-corrected chi connectivity index (χ2v) is 8.89. The molecule has 3 N–H and O–H groups in total. The third-order valence-corrected chi connectivity index (χ3v) is 2.77. The highest BCUT2D eigenvalue weighted by molar-refractivity contribution is 6.76. The first kappa shape index (κ1) is 8.14. The lowest BCUT2D eigenvalue weighted by Gasteiger charge is -2.13. The van der Waals surface area contributed by atoms with Gasteiger partial charge in [-0.15, -0.1) is 0 Å². The van der Waals surface area contributed by atoms with Crippen molar-refractivity contribution < 1.29 is 0 Å². The fourth-order valence-electron chi connectivity index (χ4n) is 0.447. The second kappa shape index (κ2) is 3.22. The van der Waals surface area contributed by atoms with Gasteiger partial charge in [0.25, 0.3) is 0 Å². The van der Waals surface area contributed by atoms with Crippen LogP contribution in [0.5, 0.6) is 0 Å². The summed E-state index contributed by atoms with van der Waals surface area (Å²) in [6.45, 7) is 7.98. The van der Waals surface area contributed by atoms with Crippen LogP contribution in [0.15, 0.2) is 0 Å². The van der Waals surface area contributed by atoms with Crippen LogP contribution in [0.4, 0.5) is 0 Å². The summed E-state index contributed by atoms with van der Waals surface area (Å²) in [5.41, 5.74) is 2.66. The van der Waals surface area contributed by atoms with E-state index < -0.39 is 8.07 Å². The van der Waals surface area contributed by atoms with Crippen LogP contribution in [0.2, 0.25) is 25.7 Å². The fourth-order valence-corrected chi connectivity index (χ4v) is 1.34. The largest absolute Gasteiger partial charge is 0.271 e. The highest BCUT2D eigenvalue weighted by Crippen LogP contribution is 2.04. The summed E-state index contributed by atoms with van der Waals surface area (Å²) in [5, 5.41) is 0. The molecule has 0 rings (SSSR count). The summed E-state index contributed by atoms with van der Waals surface area (Å²) >= 11 is 0. The van der Waals surface area contributed by atoms with E-state index in [0.717, 1.165) is 6.54 Å². The first-order chi connectivity index (χ1) is 3.56. The van der Waals surface area contributed by atoms with Crippen LogP contribution < -0.4 is 11.3 Å². The number of hydrogen-bond acceptors (Lipinski definition) is 2. The molecule has 0 atom stereocenters. The van der Waals surface area contributed by atoms with E-state index in [1.807, 2.05) is 0 Å². The summed E-state index contributed by atoms with van der Waals surface area (Å²) < 4.78 is 0. The van der Waals surface area contributed by atoms with Crippen LogP contribution >= 0.6 is 0 Å². The molecule has 0 aromatic carbocycles. The molecule has 0 fully saturated rings. The van der Waals surface area contributed by atoms with Crippen LogP contribution in [-0.4, -0.2) is 14.6 Å². The molecular weight excluding hydrogens is 116 g/mol. The number of hydrazine groups is 1. The van der Waals surface area contributed by atoms with Crippen LogP contribution in [0, 0.1) is 0 Å². The quantitative estimate of drug-likeness (QED) is 0.338. The van der Waals surface area contributed by atoms with Gasteiger partial charge in [-0.2, -0.15) is 0 Å². The number of nitrogens with two attached hydrogens (primary N) is 1. The molecule has 0 bridgehead atoms. The standard InChI is InChI=1S/C5H16N2Si/c1-8(2,3)5-4-7-6/h7H,4-6H2,1-3H3. The molecule has 0 heterocycles. The molecule has 0 unspecified atom stereocenters. The SMILES string of the molecule is C[Si](C)(C)CCNN. The lowest BCUT2D eigenvalue weighted by molar-refractivity contribution is 0.772. The minimum Gasteiger partial charge on any atom is -0.271 e. The maximum atomic E-state index is 5.11. The van der Waals surface area contributed by atoms with E-state index in [1.54, 1.807) is 0 Å². The van der Waals surface area contributed by atoms with E-state index in [0.29, 0.717) is 0 Å². The predicted molar refractivity (Wildman–Crippen MR) is 40.3 cm³/mol. The van der Waals surface area contributed by atoms with E-state index in [-0.39, 0.29) is 0 Å². The molecule has 0 radical (unpaired) electrons. The van der Waals surface area contributed by atoms with E-state index in [1.165, 1.54) is 6.04 Å². The molecule has 0 aromatic rings. The van der Waals surface area contributed by atoms with Gasteiger partial charge in [-0.3, -0.25) is 11.3 Å². The van der Waals surface area contributed by atoms with Crippen LogP contribution in [0.3, 0.4) is 0 Å². The van der Waals surface area contributed by atoms with E-state index >= 15 is 0 Å². The maximum Gasteiger partial charge on any atom is 0.0455 e. The molecule has 0 amide bonds. The highest BCUT2D eigenvalue weighted by atomic mass is 28.3. The van der Waals surface area contributed by atoms with Crippen LogP contribution in [-0.2, 0) is 0 Å². The highest BCUT2D eigenvalue weighted by Gasteiger charge is 2.10. The van der Waals surface area contributed by atoms with E-state index in [4.69, 9.17) is 5.84 Å². The Morgan fingerprint density at radius 3 is 2.00 bits per heavy atom. The summed E-state index contributed by atoms with van der Waals surface area (Å²) in [6.07, 6.45) is 0. The molecule has 0 spiro atoms. The first-order valence-electron chi connectivity index (χ1n) is 3.00. The Hall–Kier alpha value is 0.137. The first-order valence-corrected chi connectivity index (χ1v) is 6.70. The monoisotopic (exact) mass is 132 g/mol. The number of rotatable bonds is 3. The van der Waals surface area contributed by atoms with Crippen LogP contribution in [0.25, 0.3) is 0 Å². The van der Waals surface area contributed by atoms with Crippen molar-refractivity contribution in [2.24, 2.45) is 5.84 Å². The van der Waals surface area contributed by atoms with Crippen molar-refractivity contribution >= 4 is 8.07 Å². The molecule has 0 aliphatic carbocycles. The van der Waals surface area contributed by atoms with Crippen molar-refractivity contribution in [3.63, 3.8) is 0 Å². The zero-order chi connectivity index (χ0) is 6.62. The van der Waals surface area contributed by atoms with Gasteiger partial charge in [0.1, 0.15) is 0 Å². The summed E-state index contributed by atoms with van der Waals surface area (Å²) in [4.78, 5) is 0. The Balaban J connectivity index is 3.11. The normalized spacial score (nSPS) is 12.0. The van der Waals surface area contributed by atoms with Gasteiger partial charge < -0.3 is 0 Å². The van der Waals surface area contributed by atoms with Crippen molar-refractivity contribution in [1.29, 1.82) is 0 Å². The van der Waals surface area contributed by atoms with Gasteiger partial charge >= 0.3 is 0 Å². The Morgan fingerprint density at radius 2 is 1.88 bits per heavy atom. The second-order valence-electron chi connectivity index (χ2n) is 3.26. The van der Waals surface area contributed by atoms with Gasteiger partial charge in [0, 0.05) is 14.6 Å². The Labute approximate surface area is 52.4 Å². The van der Waals surface area contributed by atoms with Gasteiger partial charge in [0.15, 0.2) is 0 Å². The molecule has 8 heavy (non-hydrogen) atoms. The molecule has 3 heteroatoms. The number of hydrogen-bond donors (Lipinski definition) is 2. The minimum absolute atomic E-state index is 0.821. The zero-order valence-electron chi connectivity index (χ0n) is 5.99. The minimum atomic E-state index is -0.821. The van der Waals surface area contributed by atoms with Crippen molar-refractivity contribution in [1.82, 2.24) is 5.43 Å². The molecule has 0 saturated carbocycles. The Bertz CT molecular complexity index is 57.9. The molecule has 0 aromatic heterocycles. The lowest BCUT2D eigenvalue weighted by atomic mass is 10.8. The average Bonchev–Trinajstić information content (AvgIpc) is 1.59. The van der Waals surface area contributed by atoms with Gasteiger partial charge in [-0.1, -0.05) is 19.6 Å². The Morgan fingerprint density at radius 1 is 1.38 bits per heavy atom. The molecule has 2 nitrogen and oxygen atoms in total. The van der Waals surface area contributed by atoms with Crippen molar-refractivity contribution in [3.05, 3.63) is 0 Å². The topological polar surface area (TPSA) is 38.0 Å². The van der Waals surface area contributed by atoms with Crippen molar-refractivity contribution in [3.8, 4) is 0 Å². The van der Waals surface area contributed by atoms with Gasteiger partial charge in [-0.25, -0.2) is 0 Å². The molecular formula is C5H16N2Si. The molecule has 0 aliphatic heterocycles. The molecule has 0 saturated heterocycles. The molecule has 50 valence electrons. The average molecular weight is 132 g/mol. The van der Waals surface area contributed by atoms with Crippen LogP contribution in [0.1, 0.15) is 0 Å². The van der Waals surface area contributed by atoms with Gasteiger partial charge in [0.2, 0.25) is 0 Å². The maximum absolute atomic E-state index is 5.11. The lowest BCUT2D eigenvalue weighted by Crippen LogP contribution is -2.30. The van der Waals surface area contributed by atoms with Crippen molar-refractivity contribution in [2.45, 2.75) is 25.7 Å². The van der Waals surface area contributed by atoms with Gasteiger partial charge in [-0.05, 0) is 6.04 Å². The van der Waals surface area contributed by atoms with E-state index in [2.05, 4.69) is 25.1 Å². The molecule has 0 aliphatic rings. The smallest absolute Gasteiger partial charge is 0.0455 e. The zero-order valence-corrected chi connectivity index (χ0v) is 6.99. The third kappa shape index (κ3) is 6.14. The summed E-state index contributed by atoms with van der Waals surface area (Å²) in [6, 6.07) is 1.27. The van der Waals surface area contributed by atoms with E-state index in [9.17, 15) is 0 Å². The summed E-state index contributed by atoms with van der Waals surface area (Å²) in [5.74, 6) is 5.11. The third-order valence-electron chi connectivity index (χ3n) is 1.02. The Kier molecular flexibility index (Phi) is 3.27. The number of nitrogens with one attached hydrogen (secondary N) is 1. The van der Waals surface area contributed by atoms with Crippen molar-refractivity contribution in [2.75, 3.05) is 6.54 Å². The van der Waals surface area contributed by atoms with Gasteiger partial charge in [0.05, 0.1) is 0 Å². The predicted octanol–water partition coefficient (Wildman–Crippen LogP) is 0.788. The fraction of sp³-hybridized carbons (Fsp3) is 1.00. The summed E-state index contributed by atoms with van der Waals surface area (Å²) in [7, 11) is -0.821.